The van der Waals surface area contributed by atoms with E-state index >= 15 is 0 Å². The maximum Gasteiger partial charge on any atom is 0.231 e. The fourth-order valence-corrected chi connectivity index (χ4v) is 1.23. The molecule has 1 rings (SSSR count). The summed E-state index contributed by atoms with van der Waals surface area (Å²) in [7, 11) is 1.57. The van der Waals surface area contributed by atoms with E-state index in [2.05, 4.69) is 5.32 Å². The van der Waals surface area contributed by atoms with Gasteiger partial charge in [0.15, 0.2) is 0 Å². The first kappa shape index (κ1) is 9.13. The molecule has 3 nitrogen and oxygen atoms in total. The van der Waals surface area contributed by atoms with Crippen molar-refractivity contribution < 1.29 is 9.21 Å². The van der Waals surface area contributed by atoms with Crippen molar-refractivity contribution in [3.8, 4) is 0 Å². The van der Waals surface area contributed by atoms with Gasteiger partial charge in [0.1, 0.15) is 11.7 Å². The molecule has 0 unspecified atom stereocenters. The lowest BCUT2D eigenvalue weighted by Crippen LogP contribution is -2.26. The predicted octanol–water partition coefficient (Wildman–Crippen LogP) is 1.35. The molecule has 1 aromatic rings. The van der Waals surface area contributed by atoms with Gasteiger partial charge in [-0.05, 0) is 12.1 Å². The van der Waals surface area contributed by atoms with E-state index in [4.69, 9.17) is 16.0 Å². The van der Waals surface area contributed by atoms with E-state index in [1.165, 1.54) is 6.26 Å². The number of hydrogen-bond donors (Lipinski definition) is 1. The number of nitrogens with one attached hydrogen (secondary N) is 1. The average Bonchev–Trinajstić information content (AvgIpc) is 2.58. The molecule has 1 amide bonds. The third kappa shape index (κ3) is 1.80. The Hall–Kier alpha value is -0.960. The largest absolute Gasteiger partial charge is 0.468 e. The van der Waals surface area contributed by atoms with Gasteiger partial charge in [-0.25, -0.2) is 0 Å². The third-order valence-corrected chi connectivity index (χ3v) is 1.91. The first-order chi connectivity index (χ1) is 5.79. The van der Waals surface area contributed by atoms with Crippen LogP contribution < -0.4 is 5.32 Å². The van der Waals surface area contributed by atoms with Crippen molar-refractivity contribution in [2.24, 2.45) is 0 Å². The van der Waals surface area contributed by atoms with Crippen LogP contribution in [0.1, 0.15) is 11.7 Å². The van der Waals surface area contributed by atoms with Gasteiger partial charge in [0.2, 0.25) is 5.91 Å². The van der Waals surface area contributed by atoms with Crippen LogP contribution in [0.2, 0.25) is 0 Å². The molecule has 0 bridgehead atoms. The Kier molecular flexibility index (Phi) is 3.17. The van der Waals surface area contributed by atoms with Crippen LogP contribution in [0.25, 0.3) is 0 Å². The molecule has 1 atom stereocenters. The summed E-state index contributed by atoms with van der Waals surface area (Å²) in [6, 6.07) is 3.47. The fourth-order valence-electron chi connectivity index (χ4n) is 0.939. The van der Waals surface area contributed by atoms with Crippen molar-refractivity contribution in [1.29, 1.82) is 0 Å². The Morgan fingerprint density at radius 3 is 3.00 bits per heavy atom. The van der Waals surface area contributed by atoms with Crippen LogP contribution in [0.5, 0.6) is 0 Å². The van der Waals surface area contributed by atoms with Gasteiger partial charge in [0, 0.05) is 12.9 Å². The molecule has 0 aliphatic carbocycles. The minimum Gasteiger partial charge on any atom is -0.468 e. The van der Waals surface area contributed by atoms with E-state index in [9.17, 15) is 4.79 Å². The lowest BCUT2D eigenvalue weighted by Gasteiger charge is -2.08. The van der Waals surface area contributed by atoms with E-state index < -0.39 is 0 Å². The Balaban J connectivity index is 2.76. The zero-order chi connectivity index (χ0) is 8.97. The molecule has 1 N–H and O–H groups in total. The lowest BCUT2D eigenvalue weighted by atomic mass is 10.1. The Labute approximate surface area is 75.7 Å². The molecule has 1 aromatic heterocycles. The summed E-state index contributed by atoms with van der Waals surface area (Å²) in [5, 5.41) is 2.52. The summed E-state index contributed by atoms with van der Waals surface area (Å²) < 4.78 is 5.06. The summed E-state index contributed by atoms with van der Waals surface area (Å²) in [6.07, 6.45) is 1.53. The molecule has 0 aromatic carbocycles. The molecular formula is C8H10ClNO2. The molecule has 4 heteroatoms. The van der Waals surface area contributed by atoms with Gasteiger partial charge in [-0.15, -0.1) is 11.6 Å². The van der Waals surface area contributed by atoms with E-state index in [-0.39, 0.29) is 17.7 Å². The van der Waals surface area contributed by atoms with Gasteiger partial charge in [0.05, 0.1) is 6.26 Å². The minimum absolute atomic E-state index is 0.125. The minimum atomic E-state index is -0.383. The second kappa shape index (κ2) is 4.16. The normalized spacial score (nSPS) is 12.5. The second-order valence-corrected chi connectivity index (χ2v) is 2.65. The van der Waals surface area contributed by atoms with Gasteiger partial charge < -0.3 is 9.73 Å². The zero-order valence-corrected chi connectivity index (χ0v) is 7.47. The molecule has 0 saturated heterocycles. The van der Waals surface area contributed by atoms with Gasteiger partial charge in [-0.2, -0.15) is 0 Å². The van der Waals surface area contributed by atoms with Crippen molar-refractivity contribution in [3.63, 3.8) is 0 Å². The number of furan rings is 1. The molecule has 0 saturated carbocycles. The topological polar surface area (TPSA) is 42.2 Å². The van der Waals surface area contributed by atoms with Gasteiger partial charge in [-0.3, -0.25) is 4.79 Å². The SMILES string of the molecule is CNC(=O)[C@@H](CCl)c1ccco1. The number of rotatable bonds is 3. The predicted molar refractivity (Wildman–Crippen MR) is 46.2 cm³/mol. The third-order valence-electron chi connectivity index (χ3n) is 1.60. The number of likely N-dealkylation sites (N-methyl/N-ethyl adjacent to an activating group) is 1. The smallest absolute Gasteiger partial charge is 0.231 e. The number of halogens is 1. The van der Waals surface area contributed by atoms with Crippen LogP contribution in [0.15, 0.2) is 22.8 Å². The van der Waals surface area contributed by atoms with Crippen LogP contribution in [-0.2, 0) is 4.79 Å². The second-order valence-electron chi connectivity index (χ2n) is 2.34. The first-order valence-corrected chi connectivity index (χ1v) is 4.14. The Bertz CT molecular complexity index is 246. The van der Waals surface area contributed by atoms with E-state index in [0.29, 0.717) is 5.76 Å². The highest BCUT2D eigenvalue weighted by Gasteiger charge is 2.20. The molecule has 0 fully saturated rings. The molecule has 0 spiro atoms. The van der Waals surface area contributed by atoms with Crippen LogP contribution in [0.4, 0.5) is 0 Å². The van der Waals surface area contributed by atoms with E-state index in [0.717, 1.165) is 0 Å². The summed E-state index contributed by atoms with van der Waals surface area (Å²) in [5.41, 5.74) is 0. The molecule has 1 heterocycles. The fraction of sp³-hybridized carbons (Fsp3) is 0.375. The van der Waals surface area contributed by atoms with E-state index in [1.54, 1.807) is 19.2 Å². The molecule has 0 aliphatic heterocycles. The standard InChI is InChI=1S/C8H10ClNO2/c1-10-8(11)6(5-9)7-3-2-4-12-7/h2-4,6H,5H2,1H3,(H,10,11)/t6-/m0/s1. The summed E-state index contributed by atoms with van der Waals surface area (Å²) in [5.74, 6) is 0.323. The maximum atomic E-state index is 11.2. The Morgan fingerprint density at radius 2 is 2.58 bits per heavy atom. The highest BCUT2D eigenvalue weighted by molar-refractivity contribution is 6.20. The number of alkyl halides is 1. The number of carbonyl (C=O) groups is 1. The van der Waals surface area contributed by atoms with Crippen LogP contribution in [0, 0.1) is 0 Å². The van der Waals surface area contributed by atoms with Crippen molar-refractivity contribution in [2.45, 2.75) is 5.92 Å². The van der Waals surface area contributed by atoms with Crippen LogP contribution in [-0.4, -0.2) is 18.8 Å². The molecule has 0 aliphatic rings. The molecular weight excluding hydrogens is 178 g/mol. The first-order valence-electron chi connectivity index (χ1n) is 3.60. The summed E-state index contributed by atoms with van der Waals surface area (Å²) in [4.78, 5) is 11.2. The monoisotopic (exact) mass is 187 g/mol. The lowest BCUT2D eigenvalue weighted by molar-refractivity contribution is -0.121. The van der Waals surface area contributed by atoms with Gasteiger partial charge in [-0.1, -0.05) is 0 Å². The number of amides is 1. The molecule has 12 heavy (non-hydrogen) atoms. The molecule has 66 valence electrons. The van der Waals surface area contributed by atoms with Crippen LogP contribution in [0.3, 0.4) is 0 Å². The van der Waals surface area contributed by atoms with Gasteiger partial charge >= 0.3 is 0 Å². The maximum absolute atomic E-state index is 11.2. The Morgan fingerprint density at radius 1 is 1.83 bits per heavy atom. The van der Waals surface area contributed by atoms with Gasteiger partial charge in [0.25, 0.3) is 0 Å². The number of carbonyl (C=O) groups excluding carboxylic acids is 1. The zero-order valence-electron chi connectivity index (χ0n) is 6.71. The van der Waals surface area contributed by atoms with E-state index in [1.807, 2.05) is 0 Å². The quantitative estimate of drug-likeness (QED) is 0.726. The molecule has 0 radical (unpaired) electrons. The van der Waals surface area contributed by atoms with Crippen molar-refractivity contribution in [1.82, 2.24) is 5.32 Å². The highest BCUT2D eigenvalue weighted by Crippen LogP contribution is 2.17. The highest BCUT2D eigenvalue weighted by atomic mass is 35.5. The van der Waals surface area contributed by atoms with Crippen molar-refractivity contribution >= 4 is 17.5 Å². The van der Waals surface area contributed by atoms with Crippen molar-refractivity contribution in [2.75, 3.05) is 12.9 Å². The average molecular weight is 188 g/mol. The number of hydrogen-bond acceptors (Lipinski definition) is 2. The van der Waals surface area contributed by atoms with Crippen molar-refractivity contribution in [3.05, 3.63) is 24.2 Å². The summed E-state index contributed by atoms with van der Waals surface area (Å²) in [6.45, 7) is 0. The van der Waals surface area contributed by atoms with Crippen LogP contribution >= 0.6 is 11.6 Å². The summed E-state index contributed by atoms with van der Waals surface area (Å²) >= 11 is 5.61.